The van der Waals surface area contributed by atoms with Crippen molar-refractivity contribution in [2.24, 2.45) is 0 Å². The fraction of sp³-hybridized carbons (Fsp3) is 0.136. The maximum atomic E-state index is 12.8. The molecule has 3 rings (SSSR count). The van der Waals surface area contributed by atoms with Gasteiger partial charge in [0.05, 0.1) is 10.6 Å². The zero-order valence-corrected chi connectivity index (χ0v) is 16.6. The summed E-state index contributed by atoms with van der Waals surface area (Å²) in [4.78, 5) is 12.7. The molecule has 0 saturated heterocycles. The van der Waals surface area contributed by atoms with Crippen molar-refractivity contribution in [3.05, 3.63) is 95.1 Å². The number of benzene rings is 3. The van der Waals surface area contributed by atoms with Crippen molar-refractivity contribution in [3.63, 3.8) is 0 Å². The monoisotopic (exact) mass is 394 g/mol. The first kappa shape index (κ1) is 19.6. The van der Waals surface area contributed by atoms with Gasteiger partial charge in [-0.25, -0.2) is 8.42 Å². The molecule has 0 aromatic heterocycles. The van der Waals surface area contributed by atoms with E-state index in [4.69, 9.17) is 0 Å². The SMILES string of the molecule is Cc1ccccc1NS(=O)(=O)c1ccc(C)c(C(=O)NCc2ccccc2)c1. The first-order valence-electron chi connectivity index (χ1n) is 8.88. The molecule has 5 nitrogen and oxygen atoms in total. The predicted molar refractivity (Wildman–Crippen MR) is 111 cm³/mol. The van der Waals surface area contributed by atoms with E-state index in [0.29, 0.717) is 23.4 Å². The summed E-state index contributed by atoms with van der Waals surface area (Å²) in [6.45, 7) is 3.98. The van der Waals surface area contributed by atoms with Gasteiger partial charge in [-0.15, -0.1) is 0 Å². The second-order valence-electron chi connectivity index (χ2n) is 6.57. The van der Waals surface area contributed by atoms with Gasteiger partial charge in [0.2, 0.25) is 0 Å². The standard InChI is InChI=1S/C22H22N2O3S/c1-16-12-13-19(28(26,27)24-21-11-7-6-8-17(21)2)14-20(16)22(25)23-15-18-9-4-3-5-10-18/h3-14,24H,15H2,1-2H3,(H,23,25). The number of nitrogens with one attached hydrogen (secondary N) is 2. The lowest BCUT2D eigenvalue weighted by molar-refractivity contribution is 0.0950. The summed E-state index contributed by atoms with van der Waals surface area (Å²) >= 11 is 0. The molecule has 1 amide bonds. The highest BCUT2D eigenvalue weighted by atomic mass is 32.2. The maximum Gasteiger partial charge on any atom is 0.261 e. The van der Waals surface area contributed by atoms with E-state index in [9.17, 15) is 13.2 Å². The predicted octanol–water partition coefficient (Wildman–Crippen LogP) is 4.03. The molecule has 2 N–H and O–H groups in total. The number of carbonyl (C=O) groups excluding carboxylic acids is 1. The molecule has 0 aliphatic rings. The number of hydrogen-bond acceptors (Lipinski definition) is 3. The molecule has 6 heteroatoms. The number of carbonyl (C=O) groups is 1. The fourth-order valence-corrected chi connectivity index (χ4v) is 3.93. The molecule has 28 heavy (non-hydrogen) atoms. The van der Waals surface area contributed by atoms with Gasteiger partial charge in [-0.05, 0) is 48.7 Å². The van der Waals surface area contributed by atoms with Gasteiger partial charge in [-0.2, -0.15) is 0 Å². The van der Waals surface area contributed by atoms with Gasteiger partial charge >= 0.3 is 0 Å². The van der Waals surface area contributed by atoms with Gasteiger partial charge in [-0.1, -0.05) is 54.6 Å². The smallest absolute Gasteiger partial charge is 0.261 e. The van der Waals surface area contributed by atoms with E-state index >= 15 is 0 Å². The van der Waals surface area contributed by atoms with Crippen molar-refractivity contribution in [1.29, 1.82) is 0 Å². The average molecular weight is 394 g/mol. The lowest BCUT2D eigenvalue weighted by atomic mass is 10.1. The second kappa shape index (κ2) is 8.27. The van der Waals surface area contributed by atoms with Gasteiger partial charge in [0.1, 0.15) is 0 Å². The van der Waals surface area contributed by atoms with Crippen LogP contribution in [0.1, 0.15) is 27.0 Å². The number of amides is 1. The Hall–Kier alpha value is -3.12. The van der Waals surface area contributed by atoms with Crippen LogP contribution in [0.15, 0.2) is 77.7 Å². The molecule has 0 fully saturated rings. The van der Waals surface area contributed by atoms with Gasteiger partial charge < -0.3 is 5.32 Å². The van der Waals surface area contributed by atoms with Crippen LogP contribution in [-0.2, 0) is 16.6 Å². The Morgan fingerprint density at radius 3 is 2.25 bits per heavy atom. The van der Waals surface area contributed by atoms with Crippen molar-refractivity contribution in [2.75, 3.05) is 4.72 Å². The van der Waals surface area contributed by atoms with E-state index in [0.717, 1.165) is 11.1 Å². The Balaban J connectivity index is 1.82. The van der Waals surface area contributed by atoms with Gasteiger partial charge in [0.15, 0.2) is 0 Å². The van der Waals surface area contributed by atoms with Crippen LogP contribution in [0.25, 0.3) is 0 Å². The largest absolute Gasteiger partial charge is 0.348 e. The lowest BCUT2D eigenvalue weighted by Crippen LogP contribution is -2.24. The molecule has 0 spiro atoms. The van der Waals surface area contributed by atoms with E-state index in [1.54, 1.807) is 25.1 Å². The summed E-state index contributed by atoms with van der Waals surface area (Å²) in [5.41, 5.74) is 3.35. The Bertz CT molecular complexity index is 1090. The zero-order valence-electron chi connectivity index (χ0n) is 15.8. The quantitative estimate of drug-likeness (QED) is 0.663. The molecule has 0 bridgehead atoms. The minimum atomic E-state index is -3.81. The van der Waals surface area contributed by atoms with E-state index in [1.165, 1.54) is 12.1 Å². The van der Waals surface area contributed by atoms with Gasteiger partial charge in [-0.3, -0.25) is 9.52 Å². The minimum absolute atomic E-state index is 0.0474. The van der Waals surface area contributed by atoms with E-state index in [-0.39, 0.29) is 10.8 Å². The Labute approximate surface area is 165 Å². The molecule has 144 valence electrons. The summed E-state index contributed by atoms with van der Waals surface area (Å²) in [6.07, 6.45) is 0. The molecule has 0 aliphatic carbocycles. The number of anilines is 1. The highest BCUT2D eigenvalue weighted by Crippen LogP contribution is 2.21. The molecule has 0 atom stereocenters. The normalized spacial score (nSPS) is 11.1. The summed E-state index contributed by atoms with van der Waals surface area (Å²) in [5.74, 6) is -0.311. The van der Waals surface area contributed by atoms with Crippen molar-refractivity contribution in [2.45, 2.75) is 25.3 Å². The van der Waals surface area contributed by atoms with Crippen LogP contribution in [0.4, 0.5) is 5.69 Å². The first-order valence-corrected chi connectivity index (χ1v) is 10.4. The van der Waals surface area contributed by atoms with Crippen LogP contribution in [-0.4, -0.2) is 14.3 Å². The third kappa shape index (κ3) is 4.58. The van der Waals surface area contributed by atoms with Gasteiger partial charge in [0, 0.05) is 12.1 Å². The van der Waals surface area contributed by atoms with E-state index < -0.39 is 10.0 Å². The van der Waals surface area contributed by atoms with Crippen LogP contribution in [0.2, 0.25) is 0 Å². The number of aryl methyl sites for hydroxylation is 2. The van der Waals surface area contributed by atoms with Gasteiger partial charge in [0.25, 0.3) is 15.9 Å². The minimum Gasteiger partial charge on any atom is -0.348 e. The Morgan fingerprint density at radius 2 is 1.54 bits per heavy atom. The summed E-state index contributed by atoms with van der Waals surface area (Å²) < 4.78 is 28.1. The Morgan fingerprint density at radius 1 is 0.857 bits per heavy atom. The molecule has 0 radical (unpaired) electrons. The highest BCUT2D eigenvalue weighted by molar-refractivity contribution is 7.92. The third-order valence-corrected chi connectivity index (χ3v) is 5.81. The summed E-state index contributed by atoms with van der Waals surface area (Å²) in [5, 5.41) is 2.84. The van der Waals surface area contributed by atoms with Crippen LogP contribution >= 0.6 is 0 Å². The van der Waals surface area contributed by atoms with Crippen LogP contribution in [0.3, 0.4) is 0 Å². The fourth-order valence-electron chi connectivity index (χ4n) is 2.78. The number of rotatable bonds is 6. The zero-order chi connectivity index (χ0) is 20.1. The van der Waals surface area contributed by atoms with Crippen molar-refractivity contribution < 1.29 is 13.2 Å². The maximum absolute atomic E-state index is 12.8. The molecule has 0 saturated carbocycles. The van der Waals surface area contributed by atoms with Crippen molar-refractivity contribution >= 4 is 21.6 Å². The van der Waals surface area contributed by atoms with Crippen molar-refractivity contribution in [3.8, 4) is 0 Å². The molecule has 0 heterocycles. The Kier molecular flexibility index (Phi) is 5.80. The molecule has 3 aromatic carbocycles. The third-order valence-electron chi connectivity index (χ3n) is 4.45. The van der Waals surface area contributed by atoms with E-state index in [1.807, 2.05) is 49.4 Å². The first-order chi connectivity index (χ1) is 13.4. The second-order valence-corrected chi connectivity index (χ2v) is 8.25. The molecule has 0 unspecified atom stereocenters. The molecular weight excluding hydrogens is 372 g/mol. The topological polar surface area (TPSA) is 75.3 Å². The number of sulfonamides is 1. The van der Waals surface area contributed by atoms with Crippen LogP contribution in [0, 0.1) is 13.8 Å². The van der Waals surface area contributed by atoms with Crippen molar-refractivity contribution in [1.82, 2.24) is 5.32 Å². The highest BCUT2D eigenvalue weighted by Gasteiger charge is 2.19. The summed E-state index contributed by atoms with van der Waals surface area (Å²) in [6, 6.07) is 21.2. The number of para-hydroxylation sites is 1. The van der Waals surface area contributed by atoms with Crippen LogP contribution < -0.4 is 10.0 Å². The average Bonchev–Trinajstić information content (AvgIpc) is 2.69. The lowest BCUT2D eigenvalue weighted by Gasteiger charge is -2.13. The summed E-state index contributed by atoms with van der Waals surface area (Å²) in [7, 11) is -3.81. The molecule has 3 aromatic rings. The van der Waals surface area contributed by atoms with E-state index in [2.05, 4.69) is 10.0 Å². The van der Waals surface area contributed by atoms with Crippen LogP contribution in [0.5, 0.6) is 0 Å². The number of hydrogen-bond donors (Lipinski definition) is 2. The molecule has 0 aliphatic heterocycles. The molecular formula is C22H22N2O3S.